The quantitative estimate of drug-likeness (QED) is 0.529. The molecule has 1 aromatic carbocycles. The first kappa shape index (κ1) is 27.5. The third-order valence-corrected chi connectivity index (χ3v) is 10.9. The molecule has 0 aliphatic carbocycles. The van der Waals surface area contributed by atoms with E-state index in [1.54, 1.807) is 29.6 Å². The van der Waals surface area contributed by atoms with Crippen LogP contribution < -0.4 is 15.4 Å². The van der Waals surface area contributed by atoms with Crippen molar-refractivity contribution in [3.8, 4) is 5.75 Å². The number of anilines is 1. The summed E-state index contributed by atoms with van der Waals surface area (Å²) in [5.41, 5.74) is 3.81. The molecule has 3 aliphatic rings. The number of rotatable bonds is 7. The van der Waals surface area contributed by atoms with Gasteiger partial charge in [-0.3, -0.25) is 9.67 Å². The van der Waals surface area contributed by atoms with Crippen LogP contribution in [0.2, 0.25) is 0 Å². The molecule has 3 aliphatic heterocycles. The maximum Gasteiger partial charge on any atom is 0.243 e. The summed E-state index contributed by atoms with van der Waals surface area (Å²) in [7, 11) is -0.0692. The summed E-state index contributed by atoms with van der Waals surface area (Å²) < 4.78 is 36.8. The van der Waals surface area contributed by atoms with E-state index in [2.05, 4.69) is 17.6 Å². The van der Waals surface area contributed by atoms with Gasteiger partial charge in [0.05, 0.1) is 34.6 Å². The summed E-state index contributed by atoms with van der Waals surface area (Å²) in [4.78, 5) is 5.50. The number of hydrogen-bond donors (Lipinski definition) is 2. The molecule has 0 saturated carbocycles. The summed E-state index contributed by atoms with van der Waals surface area (Å²) in [6.45, 7) is 7.06. The SMILES string of the molecule is CCCc1nn(C)c2c1NC(c1cc(S(=O)(=O)N3CC(C)NC(C)C3)ccc1OC)=NC2C1CCCCS1. The number of aryl methyl sites for hydroxylation is 2. The van der Waals surface area contributed by atoms with Gasteiger partial charge in [0.15, 0.2) is 0 Å². The highest BCUT2D eigenvalue weighted by Gasteiger charge is 2.37. The Morgan fingerprint density at radius 3 is 2.61 bits per heavy atom. The Morgan fingerprint density at radius 2 is 1.95 bits per heavy atom. The molecule has 0 spiro atoms. The fraction of sp³-hybridized carbons (Fsp3) is 0.630. The largest absolute Gasteiger partial charge is 0.496 e. The molecule has 1 aromatic heterocycles. The third kappa shape index (κ3) is 5.22. The van der Waals surface area contributed by atoms with E-state index in [1.807, 2.05) is 37.3 Å². The minimum Gasteiger partial charge on any atom is -0.496 e. The van der Waals surface area contributed by atoms with Crippen molar-refractivity contribution < 1.29 is 13.2 Å². The number of thioether (sulfide) groups is 1. The summed E-state index contributed by atoms with van der Waals surface area (Å²) in [6.07, 6.45) is 5.38. The van der Waals surface area contributed by atoms with Crippen LogP contribution in [0, 0.1) is 0 Å². The second kappa shape index (κ2) is 11.2. The molecule has 4 heterocycles. The second-order valence-electron chi connectivity index (χ2n) is 10.7. The Bertz CT molecular complexity index is 1290. The van der Waals surface area contributed by atoms with Crippen LogP contribution in [0.1, 0.15) is 69.4 Å². The Kier molecular flexibility index (Phi) is 8.09. The predicted octanol–water partition coefficient (Wildman–Crippen LogP) is 3.95. The minimum atomic E-state index is -3.69. The van der Waals surface area contributed by atoms with Crippen LogP contribution in [-0.2, 0) is 23.5 Å². The van der Waals surface area contributed by atoms with Gasteiger partial charge in [0, 0.05) is 37.5 Å². The maximum absolute atomic E-state index is 13.7. The standard InChI is InChI=1S/C27H40N6O3S2/c1-6-9-21-24-26(32(4)31-21)25(23-10-7-8-13-37-23)30-27(29-24)20-14-19(11-12-22(20)36-5)38(34,35)33-15-17(2)28-18(3)16-33/h11-12,14,17-18,23,25,28H,6-10,13,15-16H2,1-5H3,(H,29,30). The number of nitrogens with one attached hydrogen (secondary N) is 2. The first-order valence-electron chi connectivity index (χ1n) is 13.7. The monoisotopic (exact) mass is 560 g/mol. The van der Waals surface area contributed by atoms with E-state index in [-0.39, 0.29) is 23.0 Å². The van der Waals surface area contributed by atoms with Gasteiger partial charge in [0.2, 0.25) is 10.0 Å². The van der Waals surface area contributed by atoms with Crippen LogP contribution in [0.3, 0.4) is 0 Å². The Labute approximate surface area is 230 Å². The number of ether oxygens (including phenoxy) is 1. The Hall–Kier alpha value is -2.08. The molecule has 2 aromatic rings. The highest BCUT2D eigenvalue weighted by Crippen LogP contribution is 2.44. The zero-order valence-corrected chi connectivity index (χ0v) is 24.7. The van der Waals surface area contributed by atoms with Gasteiger partial charge < -0.3 is 15.4 Å². The Balaban J connectivity index is 1.58. The molecule has 2 saturated heterocycles. The van der Waals surface area contributed by atoms with E-state index < -0.39 is 10.0 Å². The van der Waals surface area contributed by atoms with Crippen LogP contribution in [0.15, 0.2) is 28.1 Å². The molecule has 4 unspecified atom stereocenters. The average molecular weight is 561 g/mol. The molecule has 208 valence electrons. The molecule has 38 heavy (non-hydrogen) atoms. The number of amidine groups is 1. The molecule has 0 bridgehead atoms. The van der Waals surface area contributed by atoms with Gasteiger partial charge in [-0.1, -0.05) is 19.8 Å². The lowest BCUT2D eigenvalue weighted by Gasteiger charge is -2.35. The van der Waals surface area contributed by atoms with Gasteiger partial charge in [-0.2, -0.15) is 21.2 Å². The molecule has 0 amide bonds. The van der Waals surface area contributed by atoms with Crippen molar-refractivity contribution in [3.05, 3.63) is 35.2 Å². The first-order valence-corrected chi connectivity index (χ1v) is 16.2. The van der Waals surface area contributed by atoms with E-state index in [0.717, 1.165) is 42.1 Å². The topological polar surface area (TPSA) is 101 Å². The third-order valence-electron chi connectivity index (χ3n) is 7.60. The number of piperazine rings is 1. The minimum absolute atomic E-state index is 0.0607. The lowest BCUT2D eigenvalue weighted by atomic mass is 9.99. The molecular weight excluding hydrogens is 520 g/mol. The summed E-state index contributed by atoms with van der Waals surface area (Å²) >= 11 is 1.98. The maximum atomic E-state index is 13.7. The number of sulfonamides is 1. The van der Waals surface area contributed by atoms with Crippen molar-refractivity contribution in [1.82, 2.24) is 19.4 Å². The van der Waals surface area contributed by atoms with Crippen LogP contribution >= 0.6 is 11.8 Å². The van der Waals surface area contributed by atoms with Gasteiger partial charge in [0.25, 0.3) is 0 Å². The number of fused-ring (bicyclic) bond motifs is 1. The molecule has 4 atom stereocenters. The van der Waals surface area contributed by atoms with Crippen LogP contribution in [-0.4, -0.2) is 71.6 Å². The number of hydrogen-bond acceptors (Lipinski definition) is 8. The van der Waals surface area contributed by atoms with Crippen LogP contribution in [0.4, 0.5) is 5.69 Å². The average Bonchev–Trinajstić information content (AvgIpc) is 3.22. The zero-order chi connectivity index (χ0) is 27.0. The van der Waals surface area contributed by atoms with Crippen molar-refractivity contribution in [3.63, 3.8) is 0 Å². The fourth-order valence-electron chi connectivity index (χ4n) is 5.90. The van der Waals surface area contributed by atoms with Crippen LogP contribution in [0.5, 0.6) is 5.75 Å². The fourth-order valence-corrected chi connectivity index (χ4v) is 8.92. The number of aromatic nitrogens is 2. The van der Waals surface area contributed by atoms with Gasteiger partial charge in [-0.15, -0.1) is 0 Å². The van der Waals surface area contributed by atoms with E-state index >= 15 is 0 Å². The molecule has 2 N–H and O–H groups in total. The van der Waals surface area contributed by atoms with E-state index in [4.69, 9.17) is 14.8 Å². The highest BCUT2D eigenvalue weighted by atomic mass is 32.2. The predicted molar refractivity (Wildman–Crippen MR) is 154 cm³/mol. The number of benzene rings is 1. The lowest BCUT2D eigenvalue weighted by molar-refractivity contribution is 0.263. The van der Waals surface area contributed by atoms with Gasteiger partial charge >= 0.3 is 0 Å². The van der Waals surface area contributed by atoms with Crippen molar-refractivity contribution in [1.29, 1.82) is 0 Å². The van der Waals surface area contributed by atoms with E-state index in [9.17, 15) is 8.42 Å². The normalized spacial score (nSPS) is 26.4. The van der Waals surface area contributed by atoms with E-state index in [0.29, 0.717) is 35.5 Å². The van der Waals surface area contributed by atoms with E-state index in [1.165, 1.54) is 12.8 Å². The molecular formula is C27H40N6O3S2. The van der Waals surface area contributed by atoms with Gasteiger partial charge in [-0.05, 0) is 57.1 Å². The molecule has 11 heteroatoms. The zero-order valence-electron chi connectivity index (χ0n) is 23.0. The molecule has 2 fully saturated rings. The van der Waals surface area contributed by atoms with Crippen molar-refractivity contribution >= 4 is 33.3 Å². The van der Waals surface area contributed by atoms with Crippen LogP contribution in [0.25, 0.3) is 0 Å². The molecule has 9 nitrogen and oxygen atoms in total. The number of nitrogens with zero attached hydrogens (tertiary/aromatic N) is 4. The van der Waals surface area contributed by atoms with Gasteiger partial charge in [0.1, 0.15) is 17.6 Å². The van der Waals surface area contributed by atoms with Crippen molar-refractivity contribution in [2.45, 2.75) is 81.1 Å². The number of methoxy groups -OCH3 is 1. The second-order valence-corrected chi connectivity index (χ2v) is 14.0. The summed E-state index contributed by atoms with van der Waals surface area (Å²) in [5.74, 6) is 2.37. The van der Waals surface area contributed by atoms with Crippen molar-refractivity contribution in [2.24, 2.45) is 12.0 Å². The highest BCUT2D eigenvalue weighted by molar-refractivity contribution is 8.00. The number of aliphatic imine (C=N–C) groups is 1. The Morgan fingerprint density at radius 1 is 1.18 bits per heavy atom. The first-order chi connectivity index (χ1) is 18.2. The summed E-state index contributed by atoms with van der Waals surface area (Å²) in [5, 5.41) is 12.2. The summed E-state index contributed by atoms with van der Waals surface area (Å²) in [6, 6.07) is 5.23. The lowest BCUT2D eigenvalue weighted by Crippen LogP contribution is -2.55. The van der Waals surface area contributed by atoms with Gasteiger partial charge in [-0.25, -0.2) is 8.42 Å². The van der Waals surface area contributed by atoms with Crippen molar-refractivity contribution in [2.75, 3.05) is 31.3 Å². The molecule has 0 radical (unpaired) electrons. The smallest absolute Gasteiger partial charge is 0.243 e. The molecule has 5 rings (SSSR count).